The summed E-state index contributed by atoms with van der Waals surface area (Å²) >= 11 is 0. The summed E-state index contributed by atoms with van der Waals surface area (Å²) in [5.41, 5.74) is 2.84. The van der Waals surface area contributed by atoms with Crippen molar-refractivity contribution in [1.82, 2.24) is 10.3 Å². The Hall–Kier alpha value is -1.09. The molecule has 0 aliphatic carbocycles. The summed E-state index contributed by atoms with van der Waals surface area (Å²) in [7, 11) is 2.14. The molecule has 1 N–H and O–H groups in total. The van der Waals surface area contributed by atoms with Crippen LogP contribution < -0.4 is 10.2 Å². The van der Waals surface area contributed by atoms with Gasteiger partial charge in [0.15, 0.2) is 0 Å². The highest BCUT2D eigenvalue weighted by Crippen LogP contribution is 2.28. The van der Waals surface area contributed by atoms with Gasteiger partial charge in [0.2, 0.25) is 0 Å². The van der Waals surface area contributed by atoms with Crippen LogP contribution in [0.1, 0.15) is 59.6 Å². The van der Waals surface area contributed by atoms with E-state index in [4.69, 9.17) is 4.98 Å². The Labute approximate surface area is 131 Å². The maximum Gasteiger partial charge on any atom is 0.131 e. The molecule has 0 aliphatic heterocycles. The number of anilines is 1. The molecule has 0 fully saturated rings. The number of aromatic nitrogens is 1. The Morgan fingerprint density at radius 3 is 2.19 bits per heavy atom. The van der Waals surface area contributed by atoms with E-state index in [1.54, 1.807) is 0 Å². The predicted molar refractivity (Wildman–Crippen MR) is 92.9 cm³/mol. The van der Waals surface area contributed by atoms with E-state index in [1.807, 2.05) is 6.20 Å². The highest BCUT2D eigenvalue weighted by molar-refractivity contribution is 5.47. The van der Waals surface area contributed by atoms with Crippen molar-refractivity contribution in [1.29, 1.82) is 0 Å². The molecule has 1 aromatic heterocycles. The SMILES string of the molecule is Cc1cc(CNC(C)(C)C)cnc1N(C)C(C)C(C)(C)C. The molecule has 0 radical (unpaired) electrons. The van der Waals surface area contributed by atoms with Gasteiger partial charge in [-0.15, -0.1) is 0 Å². The zero-order valence-corrected chi connectivity index (χ0v) is 15.3. The van der Waals surface area contributed by atoms with Crippen LogP contribution in [0.4, 0.5) is 5.82 Å². The standard InChI is InChI=1S/C18H33N3/c1-13-10-15(12-20-18(6,7)8)11-19-16(13)21(9)14(2)17(3,4)5/h10-11,14,20H,12H2,1-9H3. The minimum atomic E-state index is 0.129. The second-order valence-electron chi connectivity index (χ2n) is 8.24. The number of hydrogen-bond acceptors (Lipinski definition) is 3. The van der Waals surface area contributed by atoms with Crippen molar-refractivity contribution in [2.75, 3.05) is 11.9 Å². The molecule has 0 aromatic carbocycles. The topological polar surface area (TPSA) is 28.2 Å². The van der Waals surface area contributed by atoms with E-state index < -0.39 is 0 Å². The van der Waals surface area contributed by atoms with Gasteiger partial charge in [0.25, 0.3) is 0 Å². The lowest BCUT2D eigenvalue weighted by molar-refractivity contribution is 0.328. The molecule has 0 aliphatic rings. The Kier molecular flexibility index (Phi) is 5.43. The van der Waals surface area contributed by atoms with E-state index in [0.717, 1.165) is 12.4 Å². The summed E-state index contributed by atoms with van der Waals surface area (Å²) in [6, 6.07) is 2.68. The van der Waals surface area contributed by atoms with Crippen LogP contribution in [0.5, 0.6) is 0 Å². The molecule has 1 aromatic rings. The van der Waals surface area contributed by atoms with Gasteiger partial charge in [-0.3, -0.25) is 0 Å². The van der Waals surface area contributed by atoms with Gasteiger partial charge >= 0.3 is 0 Å². The Bertz CT molecular complexity index is 466. The van der Waals surface area contributed by atoms with Gasteiger partial charge in [0.05, 0.1) is 0 Å². The average Bonchev–Trinajstić information content (AvgIpc) is 2.32. The number of nitrogens with zero attached hydrogens (tertiary/aromatic N) is 2. The Morgan fingerprint density at radius 1 is 1.19 bits per heavy atom. The monoisotopic (exact) mass is 291 g/mol. The molecule has 1 atom stereocenters. The quantitative estimate of drug-likeness (QED) is 0.903. The number of hydrogen-bond donors (Lipinski definition) is 1. The van der Waals surface area contributed by atoms with Gasteiger partial charge in [-0.1, -0.05) is 20.8 Å². The van der Waals surface area contributed by atoms with Crippen LogP contribution in [0.25, 0.3) is 0 Å². The van der Waals surface area contributed by atoms with Gasteiger partial charge in [-0.2, -0.15) is 0 Å². The number of nitrogens with one attached hydrogen (secondary N) is 1. The van der Waals surface area contributed by atoms with E-state index in [0.29, 0.717) is 6.04 Å². The maximum absolute atomic E-state index is 4.70. The third kappa shape index (κ3) is 5.31. The molecule has 0 saturated heterocycles. The van der Waals surface area contributed by atoms with Crippen molar-refractivity contribution < 1.29 is 0 Å². The highest BCUT2D eigenvalue weighted by Gasteiger charge is 2.25. The first-order valence-corrected chi connectivity index (χ1v) is 7.85. The predicted octanol–water partition coefficient (Wildman–Crippen LogP) is 4.15. The zero-order chi connectivity index (χ0) is 16.4. The summed E-state index contributed by atoms with van der Waals surface area (Å²) in [6.07, 6.45) is 1.99. The molecule has 3 heteroatoms. The lowest BCUT2D eigenvalue weighted by Crippen LogP contribution is -2.40. The summed E-state index contributed by atoms with van der Waals surface area (Å²) in [4.78, 5) is 6.99. The van der Waals surface area contributed by atoms with Crippen molar-refractivity contribution in [3.63, 3.8) is 0 Å². The summed E-state index contributed by atoms with van der Waals surface area (Å²) in [6.45, 7) is 18.6. The lowest BCUT2D eigenvalue weighted by atomic mass is 9.87. The molecule has 0 bridgehead atoms. The third-order valence-electron chi connectivity index (χ3n) is 4.10. The van der Waals surface area contributed by atoms with Crippen molar-refractivity contribution in [3.05, 3.63) is 23.4 Å². The Balaban J connectivity index is 2.88. The lowest BCUT2D eigenvalue weighted by Gasteiger charge is -2.36. The van der Waals surface area contributed by atoms with E-state index in [1.165, 1.54) is 11.1 Å². The second-order valence-corrected chi connectivity index (χ2v) is 8.24. The van der Waals surface area contributed by atoms with Crippen molar-refractivity contribution in [2.24, 2.45) is 5.41 Å². The molecule has 1 unspecified atom stereocenters. The molecular formula is C18H33N3. The molecule has 120 valence electrons. The van der Waals surface area contributed by atoms with Gasteiger partial charge in [0, 0.05) is 31.4 Å². The molecule has 0 saturated carbocycles. The normalized spacial score (nSPS) is 14.1. The molecule has 3 nitrogen and oxygen atoms in total. The molecule has 0 spiro atoms. The summed E-state index contributed by atoms with van der Waals surface area (Å²) in [5.74, 6) is 1.08. The van der Waals surface area contributed by atoms with E-state index in [2.05, 4.69) is 78.7 Å². The Morgan fingerprint density at radius 2 is 1.76 bits per heavy atom. The first kappa shape index (κ1) is 18.0. The highest BCUT2D eigenvalue weighted by atomic mass is 15.2. The van der Waals surface area contributed by atoms with Crippen LogP contribution in [0.2, 0.25) is 0 Å². The molecule has 1 rings (SSSR count). The fourth-order valence-corrected chi connectivity index (χ4v) is 2.22. The first-order chi connectivity index (χ1) is 9.42. The van der Waals surface area contributed by atoms with Gasteiger partial charge in [-0.05, 0) is 57.2 Å². The molecule has 1 heterocycles. The molecule has 21 heavy (non-hydrogen) atoms. The van der Waals surface area contributed by atoms with Gasteiger partial charge < -0.3 is 10.2 Å². The largest absolute Gasteiger partial charge is 0.356 e. The van der Waals surface area contributed by atoms with E-state index in [9.17, 15) is 0 Å². The van der Waals surface area contributed by atoms with Crippen molar-refractivity contribution in [2.45, 2.75) is 73.5 Å². The average molecular weight is 291 g/mol. The van der Waals surface area contributed by atoms with Crippen LogP contribution in [-0.4, -0.2) is 23.6 Å². The van der Waals surface area contributed by atoms with Crippen LogP contribution in [-0.2, 0) is 6.54 Å². The van der Waals surface area contributed by atoms with Crippen molar-refractivity contribution >= 4 is 5.82 Å². The van der Waals surface area contributed by atoms with Crippen LogP contribution in [0.15, 0.2) is 12.3 Å². The maximum atomic E-state index is 4.70. The number of rotatable bonds is 4. The fourth-order valence-electron chi connectivity index (χ4n) is 2.22. The fraction of sp³-hybridized carbons (Fsp3) is 0.722. The smallest absolute Gasteiger partial charge is 0.131 e. The van der Waals surface area contributed by atoms with Crippen molar-refractivity contribution in [3.8, 4) is 0 Å². The minimum Gasteiger partial charge on any atom is -0.356 e. The summed E-state index contributed by atoms with van der Waals surface area (Å²) in [5, 5.41) is 3.51. The summed E-state index contributed by atoms with van der Waals surface area (Å²) < 4.78 is 0. The molecular weight excluding hydrogens is 258 g/mol. The number of pyridine rings is 1. The first-order valence-electron chi connectivity index (χ1n) is 7.85. The van der Waals surface area contributed by atoms with E-state index in [-0.39, 0.29) is 11.0 Å². The third-order valence-corrected chi connectivity index (χ3v) is 4.10. The van der Waals surface area contributed by atoms with Gasteiger partial charge in [0.1, 0.15) is 5.82 Å². The second kappa shape index (κ2) is 6.35. The van der Waals surface area contributed by atoms with Crippen LogP contribution in [0.3, 0.4) is 0 Å². The van der Waals surface area contributed by atoms with Gasteiger partial charge in [-0.25, -0.2) is 4.98 Å². The molecule has 0 amide bonds. The number of aryl methyl sites for hydroxylation is 1. The van der Waals surface area contributed by atoms with E-state index >= 15 is 0 Å². The zero-order valence-electron chi connectivity index (χ0n) is 15.3. The van der Waals surface area contributed by atoms with Crippen LogP contribution >= 0.6 is 0 Å². The van der Waals surface area contributed by atoms with Crippen LogP contribution in [0, 0.1) is 12.3 Å². The minimum absolute atomic E-state index is 0.129.